The maximum Gasteiger partial charge on any atom is 0.248 e. The van der Waals surface area contributed by atoms with Crippen LogP contribution in [0.1, 0.15) is 31.4 Å². The number of hydrazine groups is 1. The van der Waals surface area contributed by atoms with Crippen LogP contribution in [0.5, 0.6) is 0 Å². The molecule has 1 atom stereocenters. The summed E-state index contributed by atoms with van der Waals surface area (Å²) in [6.07, 6.45) is 3.55. The van der Waals surface area contributed by atoms with Crippen LogP contribution in [0.4, 0.5) is 8.78 Å². The molecule has 6 heteroatoms. The molecule has 1 aromatic heterocycles. The summed E-state index contributed by atoms with van der Waals surface area (Å²) in [4.78, 5) is 0. The third kappa shape index (κ3) is 3.26. The Hall–Kier alpha value is -1.01. The van der Waals surface area contributed by atoms with Crippen molar-refractivity contribution < 1.29 is 8.78 Å². The molecule has 0 saturated heterocycles. The van der Waals surface area contributed by atoms with Gasteiger partial charge in [-0.2, -0.15) is 5.10 Å². The van der Waals surface area contributed by atoms with Gasteiger partial charge in [0.05, 0.1) is 5.69 Å². The van der Waals surface area contributed by atoms with Gasteiger partial charge in [-0.1, -0.05) is 0 Å². The first-order valence-electron chi connectivity index (χ1n) is 6.33. The van der Waals surface area contributed by atoms with E-state index in [4.69, 9.17) is 5.84 Å². The van der Waals surface area contributed by atoms with Gasteiger partial charge in [0.25, 0.3) is 0 Å². The van der Waals surface area contributed by atoms with Gasteiger partial charge >= 0.3 is 0 Å². The molecule has 1 heterocycles. The smallest absolute Gasteiger partial charge is 0.248 e. The number of nitrogens with one attached hydrogen (secondary N) is 1. The second-order valence-electron chi connectivity index (χ2n) is 5.15. The maximum atomic E-state index is 13.1. The van der Waals surface area contributed by atoms with Crippen LogP contribution in [0.25, 0.3) is 0 Å². The molecule has 18 heavy (non-hydrogen) atoms. The lowest BCUT2D eigenvalue weighted by molar-refractivity contribution is -0.0495. The first kappa shape index (κ1) is 13.4. The highest BCUT2D eigenvalue weighted by Gasteiger charge is 2.37. The predicted molar refractivity (Wildman–Crippen MR) is 64.9 cm³/mol. The first-order chi connectivity index (χ1) is 8.50. The van der Waals surface area contributed by atoms with Gasteiger partial charge in [0.1, 0.15) is 0 Å². The average Bonchev–Trinajstić information content (AvgIpc) is 2.72. The summed E-state index contributed by atoms with van der Waals surface area (Å²) in [5.74, 6) is 3.27. The number of halogens is 2. The third-order valence-corrected chi connectivity index (χ3v) is 3.74. The lowest BCUT2D eigenvalue weighted by atomic mass is 9.81. The minimum atomic E-state index is -2.49. The number of nitrogens with zero attached hydrogens (tertiary/aromatic N) is 2. The summed E-state index contributed by atoms with van der Waals surface area (Å²) in [7, 11) is 1.86. The Bertz CT molecular complexity index is 381. The summed E-state index contributed by atoms with van der Waals surface area (Å²) < 4.78 is 28.0. The molecular formula is C12H20F2N4. The number of aryl methyl sites for hydroxylation is 1. The van der Waals surface area contributed by atoms with Gasteiger partial charge in [0, 0.05) is 38.5 Å². The molecule has 0 radical (unpaired) electrons. The van der Waals surface area contributed by atoms with Crippen molar-refractivity contribution in [3.05, 3.63) is 18.0 Å². The van der Waals surface area contributed by atoms with Crippen molar-refractivity contribution >= 4 is 0 Å². The monoisotopic (exact) mass is 258 g/mol. The number of alkyl halides is 2. The second kappa shape index (κ2) is 5.32. The van der Waals surface area contributed by atoms with E-state index >= 15 is 0 Å². The van der Waals surface area contributed by atoms with Crippen molar-refractivity contribution in [2.75, 3.05) is 0 Å². The number of aromatic nitrogens is 2. The van der Waals surface area contributed by atoms with E-state index in [2.05, 4.69) is 10.5 Å². The van der Waals surface area contributed by atoms with Crippen LogP contribution in [-0.4, -0.2) is 21.7 Å². The lowest BCUT2D eigenvalue weighted by Gasteiger charge is -2.33. The molecule has 1 aromatic rings. The molecule has 3 N–H and O–H groups in total. The number of rotatable bonds is 4. The summed E-state index contributed by atoms with van der Waals surface area (Å²) in [6, 6.07) is 1.96. The van der Waals surface area contributed by atoms with Gasteiger partial charge in [-0.05, 0) is 24.8 Å². The Labute approximate surface area is 106 Å². The Balaban J connectivity index is 1.93. The molecule has 1 unspecified atom stereocenters. The van der Waals surface area contributed by atoms with Gasteiger partial charge in [-0.15, -0.1) is 0 Å². The summed E-state index contributed by atoms with van der Waals surface area (Å²) in [5, 5.41) is 4.29. The highest BCUT2D eigenvalue weighted by molar-refractivity contribution is 5.02. The topological polar surface area (TPSA) is 55.9 Å². The molecule has 102 valence electrons. The molecule has 1 aliphatic carbocycles. The molecule has 0 aromatic carbocycles. The van der Waals surface area contributed by atoms with Crippen molar-refractivity contribution in [1.82, 2.24) is 15.2 Å². The van der Waals surface area contributed by atoms with Crippen LogP contribution in [0.2, 0.25) is 0 Å². The lowest BCUT2D eigenvalue weighted by Crippen LogP contribution is -2.44. The Morgan fingerprint density at radius 2 is 2.22 bits per heavy atom. The fourth-order valence-electron chi connectivity index (χ4n) is 2.62. The number of hydrogen-bond donors (Lipinski definition) is 2. The fraction of sp³-hybridized carbons (Fsp3) is 0.750. The van der Waals surface area contributed by atoms with Crippen molar-refractivity contribution in [3.8, 4) is 0 Å². The molecule has 4 nitrogen and oxygen atoms in total. The van der Waals surface area contributed by atoms with Crippen LogP contribution in [-0.2, 0) is 13.5 Å². The largest absolute Gasteiger partial charge is 0.276 e. The van der Waals surface area contributed by atoms with Gasteiger partial charge in [-0.3, -0.25) is 16.0 Å². The third-order valence-electron chi connectivity index (χ3n) is 3.74. The molecular weight excluding hydrogens is 238 g/mol. The van der Waals surface area contributed by atoms with Crippen LogP contribution in [0, 0.1) is 5.92 Å². The van der Waals surface area contributed by atoms with E-state index < -0.39 is 5.92 Å². The second-order valence-corrected chi connectivity index (χ2v) is 5.15. The summed E-state index contributed by atoms with van der Waals surface area (Å²) in [5.41, 5.74) is 3.71. The van der Waals surface area contributed by atoms with Crippen LogP contribution < -0.4 is 11.3 Å². The molecule has 0 bridgehead atoms. The predicted octanol–water partition coefficient (Wildman–Crippen LogP) is 1.62. The number of hydrogen-bond acceptors (Lipinski definition) is 3. The highest BCUT2D eigenvalue weighted by Crippen LogP contribution is 2.37. The van der Waals surface area contributed by atoms with Crippen molar-refractivity contribution in [2.24, 2.45) is 18.8 Å². The first-order valence-corrected chi connectivity index (χ1v) is 6.33. The van der Waals surface area contributed by atoms with Gasteiger partial charge in [-0.25, -0.2) is 8.78 Å². The van der Waals surface area contributed by atoms with Crippen molar-refractivity contribution in [2.45, 2.75) is 44.1 Å². The molecule has 1 saturated carbocycles. The van der Waals surface area contributed by atoms with Crippen LogP contribution in [0.15, 0.2) is 12.3 Å². The Kier molecular flexibility index (Phi) is 3.97. The minimum absolute atomic E-state index is 0.0241. The Morgan fingerprint density at radius 3 is 2.72 bits per heavy atom. The number of nitrogens with two attached hydrogens (primary N) is 1. The molecule has 0 amide bonds. The average molecular weight is 258 g/mol. The zero-order chi connectivity index (χ0) is 13.2. The highest BCUT2D eigenvalue weighted by atomic mass is 19.3. The van der Waals surface area contributed by atoms with E-state index in [9.17, 15) is 8.78 Å². The van der Waals surface area contributed by atoms with E-state index in [1.807, 2.05) is 19.3 Å². The molecule has 0 spiro atoms. The van der Waals surface area contributed by atoms with E-state index in [0.717, 1.165) is 5.69 Å². The standard InChI is InChI=1S/C12H20F2N4/c1-18-7-4-10(17-18)8-11(16-15)9-2-5-12(13,14)6-3-9/h4,7,9,11,16H,2-3,5-6,8,15H2,1H3. The van der Waals surface area contributed by atoms with Crippen LogP contribution in [0.3, 0.4) is 0 Å². The van der Waals surface area contributed by atoms with E-state index in [1.54, 1.807) is 4.68 Å². The quantitative estimate of drug-likeness (QED) is 0.637. The van der Waals surface area contributed by atoms with Gasteiger partial charge < -0.3 is 0 Å². The molecule has 1 aliphatic rings. The van der Waals surface area contributed by atoms with Gasteiger partial charge in [0.2, 0.25) is 5.92 Å². The van der Waals surface area contributed by atoms with Crippen LogP contribution >= 0.6 is 0 Å². The van der Waals surface area contributed by atoms with E-state index in [0.29, 0.717) is 19.3 Å². The van der Waals surface area contributed by atoms with Crippen molar-refractivity contribution in [3.63, 3.8) is 0 Å². The van der Waals surface area contributed by atoms with Crippen molar-refractivity contribution in [1.29, 1.82) is 0 Å². The molecule has 1 fully saturated rings. The fourth-order valence-corrected chi connectivity index (χ4v) is 2.62. The molecule has 2 rings (SSSR count). The zero-order valence-corrected chi connectivity index (χ0v) is 10.6. The summed E-state index contributed by atoms with van der Waals surface area (Å²) >= 11 is 0. The van der Waals surface area contributed by atoms with E-state index in [-0.39, 0.29) is 24.8 Å². The SMILES string of the molecule is Cn1ccc(CC(NN)C2CCC(F)(F)CC2)n1. The Morgan fingerprint density at radius 1 is 1.56 bits per heavy atom. The normalized spacial score (nSPS) is 22.0. The zero-order valence-electron chi connectivity index (χ0n) is 10.6. The minimum Gasteiger partial charge on any atom is -0.276 e. The summed E-state index contributed by atoms with van der Waals surface area (Å²) in [6.45, 7) is 0. The van der Waals surface area contributed by atoms with E-state index in [1.165, 1.54) is 0 Å². The maximum absolute atomic E-state index is 13.1. The molecule has 0 aliphatic heterocycles. The van der Waals surface area contributed by atoms with Gasteiger partial charge in [0.15, 0.2) is 0 Å².